The van der Waals surface area contributed by atoms with Crippen LogP contribution in [0.3, 0.4) is 0 Å². The second kappa shape index (κ2) is 7.22. The van der Waals surface area contributed by atoms with Gasteiger partial charge in [-0.1, -0.05) is 14.4 Å². The Bertz CT molecular complexity index is 804. The zero-order valence-electron chi connectivity index (χ0n) is 12.5. The summed E-state index contributed by atoms with van der Waals surface area (Å²) in [5.74, 6) is 0.0308. The van der Waals surface area contributed by atoms with E-state index in [9.17, 15) is 9.18 Å². The number of halogens is 1. The summed E-state index contributed by atoms with van der Waals surface area (Å²) in [6, 6.07) is 4.72. The third kappa shape index (κ3) is 3.67. The summed E-state index contributed by atoms with van der Waals surface area (Å²) in [6.07, 6.45) is 7.61. The molecule has 0 saturated heterocycles. The van der Waals surface area contributed by atoms with Gasteiger partial charge in [-0.05, 0) is 24.6 Å². The van der Waals surface area contributed by atoms with E-state index in [4.69, 9.17) is 0 Å². The largest absolute Gasteiger partial charge is 0.360 e. The Labute approximate surface area is 135 Å². The number of hydrogen-bond acceptors (Lipinski definition) is 2. The molecule has 3 aromatic rings. The fraction of sp³-hybridized carbons (Fsp3) is 0.333. The Morgan fingerprint density at radius 3 is 3.00 bits per heavy atom. The summed E-state index contributed by atoms with van der Waals surface area (Å²) < 4.78 is 15.1. The highest BCUT2D eigenvalue weighted by Crippen LogP contribution is 2.28. The van der Waals surface area contributed by atoms with Crippen LogP contribution in [0.1, 0.15) is 33.6 Å². The van der Waals surface area contributed by atoms with Gasteiger partial charge in [0, 0.05) is 53.8 Å². The molecule has 0 aliphatic heterocycles. The average Bonchev–Trinajstić information content (AvgIpc) is 3.13. The van der Waals surface area contributed by atoms with Crippen molar-refractivity contribution in [2.45, 2.75) is 40.2 Å². The number of rotatable bonds is 6. The molecular formula is C18H22FN3O. The molecule has 0 radical (unpaired) electrons. The average molecular weight is 315 g/mol. The van der Waals surface area contributed by atoms with Crippen LogP contribution in [0.25, 0.3) is 22.0 Å². The first-order valence-electron chi connectivity index (χ1n) is 7.48. The van der Waals surface area contributed by atoms with Gasteiger partial charge in [0.1, 0.15) is 11.6 Å². The number of H-pyrrole nitrogens is 1. The van der Waals surface area contributed by atoms with Gasteiger partial charge >= 0.3 is 0 Å². The molecule has 0 amide bonds. The Morgan fingerprint density at radius 2 is 2.22 bits per heavy atom. The molecule has 3 rings (SSSR count). The number of Topliss-reactive ketones (excluding diaryl/α,β-unsaturated/α-hetero) is 1. The standard InChI is InChI=1S/C17H18FN3O.CH4/c1-2-14(22)4-3-7-21-11-12(9-20-21)16-10-19-17-8-13(18)5-6-15(16)17;/h5-6,8-11,19H,2-4,7H2,1H3;1H4. The highest BCUT2D eigenvalue weighted by atomic mass is 19.1. The Balaban J connectivity index is 0.00000192. The molecule has 1 aromatic carbocycles. The number of carbonyl (C=O) groups excluding carboxylic acids is 1. The molecule has 122 valence electrons. The van der Waals surface area contributed by atoms with Crippen molar-refractivity contribution in [1.29, 1.82) is 0 Å². The zero-order valence-corrected chi connectivity index (χ0v) is 12.5. The van der Waals surface area contributed by atoms with Crippen LogP contribution in [-0.2, 0) is 11.3 Å². The first kappa shape index (κ1) is 16.9. The lowest BCUT2D eigenvalue weighted by molar-refractivity contribution is -0.118. The van der Waals surface area contributed by atoms with Gasteiger partial charge in [0.2, 0.25) is 0 Å². The fourth-order valence-corrected chi connectivity index (χ4v) is 2.58. The maximum absolute atomic E-state index is 13.2. The number of fused-ring (bicyclic) bond motifs is 1. The molecule has 4 nitrogen and oxygen atoms in total. The lowest BCUT2D eigenvalue weighted by Gasteiger charge is -2.00. The molecule has 0 aliphatic rings. The molecule has 0 unspecified atom stereocenters. The Hall–Kier alpha value is -2.43. The summed E-state index contributed by atoms with van der Waals surface area (Å²) in [5, 5.41) is 5.31. The van der Waals surface area contributed by atoms with Crippen molar-refractivity contribution in [3.05, 3.63) is 42.6 Å². The van der Waals surface area contributed by atoms with Gasteiger partial charge in [-0.25, -0.2) is 4.39 Å². The van der Waals surface area contributed by atoms with Crippen LogP contribution in [0.15, 0.2) is 36.8 Å². The number of ketones is 1. The van der Waals surface area contributed by atoms with E-state index in [0.717, 1.165) is 35.0 Å². The molecule has 0 aliphatic carbocycles. The summed E-state index contributed by atoms with van der Waals surface area (Å²) in [7, 11) is 0. The van der Waals surface area contributed by atoms with Gasteiger partial charge in [-0.15, -0.1) is 0 Å². The van der Waals surface area contributed by atoms with E-state index in [1.54, 1.807) is 12.3 Å². The van der Waals surface area contributed by atoms with Crippen molar-refractivity contribution >= 4 is 16.7 Å². The normalized spacial score (nSPS) is 10.7. The lowest BCUT2D eigenvalue weighted by atomic mass is 10.1. The van der Waals surface area contributed by atoms with E-state index in [-0.39, 0.29) is 19.0 Å². The number of aromatic amines is 1. The first-order valence-corrected chi connectivity index (χ1v) is 7.48. The van der Waals surface area contributed by atoms with Gasteiger partial charge in [0.25, 0.3) is 0 Å². The predicted octanol–water partition coefficient (Wildman–Crippen LogP) is 4.57. The van der Waals surface area contributed by atoms with Crippen LogP contribution in [0, 0.1) is 5.82 Å². The minimum Gasteiger partial charge on any atom is -0.360 e. The minimum atomic E-state index is -0.253. The summed E-state index contributed by atoms with van der Waals surface area (Å²) >= 11 is 0. The van der Waals surface area contributed by atoms with Crippen LogP contribution in [0.5, 0.6) is 0 Å². The first-order chi connectivity index (χ1) is 10.7. The Kier molecular flexibility index (Phi) is 5.32. The van der Waals surface area contributed by atoms with Crippen LogP contribution in [-0.4, -0.2) is 20.5 Å². The third-order valence-corrected chi connectivity index (χ3v) is 3.83. The fourth-order valence-electron chi connectivity index (χ4n) is 2.58. The van der Waals surface area contributed by atoms with E-state index >= 15 is 0 Å². The highest BCUT2D eigenvalue weighted by Gasteiger charge is 2.09. The van der Waals surface area contributed by atoms with Crippen LogP contribution in [0.4, 0.5) is 4.39 Å². The molecule has 23 heavy (non-hydrogen) atoms. The molecule has 0 atom stereocenters. The predicted molar refractivity (Wildman–Crippen MR) is 90.7 cm³/mol. The number of nitrogens with zero attached hydrogens (tertiary/aromatic N) is 2. The number of aryl methyl sites for hydroxylation is 1. The van der Waals surface area contributed by atoms with Crippen molar-refractivity contribution in [2.75, 3.05) is 0 Å². The monoisotopic (exact) mass is 315 g/mol. The van der Waals surface area contributed by atoms with Gasteiger partial charge in [0.05, 0.1) is 6.20 Å². The lowest BCUT2D eigenvalue weighted by Crippen LogP contribution is -2.02. The maximum Gasteiger partial charge on any atom is 0.132 e. The van der Waals surface area contributed by atoms with Gasteiger partial charge in [-0.3, -0.25) is 9.48 Å². The number of benzene rings is 1. The Morgan fingerprint density at radius 1 is 1.39 bits per heavy atom. The van der Waals surface area contributed by atoms with E-state index in [0.29, 0.717) is 12.8 Å². The number of hydrogen-bond donors (Lipinski definition) is 1. The molecule has 0 saturated carbocycles. The third-order valence-electron chi connectivity index (χ3n) is 3.83. The number of aromatic nitrogens is 3. The minimum absolute atomic E-state index is 0. The van der Waals surface area contributed by atoms with E-state index in [1.165, 1.54) is 12.1 Å². The smallest absolute Gasteiger partial charge is 0.132 e. The molecule has 2 heterocycles. The second-order valence-electron chi connectivity index (χ2n) is 5.38. The summed E-state index contributed by atoms with van der Waals surface area (Å²) in [5.41, 5.74) is 2.77. The molecule has 0 spiro atoms. The summed E-state index contributed by atoms with van der Waals surface area (Å²) in [6.45, 7) is 2.61. The van der Waals surface area contributed by atoms with Crippen LogP contribution < -0.4 is 0 Å². The van der Waals surface area contributed by atoms with Crippen molar-refractivity contribution in [3.63, 3.8) is 0 Å². The molecule has 5 heteroatoms. The maximum atomic E-state index is 13.2. The van der Waals surface area contributed by atoms with Gasteiger partial charge in [0.15, 0.2) is 0 Å². The molecular weight excluding hydrogens is 293 g/mol. The zero-order chi connectivity index (χ0) is 15.5. The number of nitrogens with one attached hydrogen (secondary N) is 1. The molecule has 0 fully saturated rings. The van der Waals surface area contributed by atoms with Crippen molar-refractivity contribution in [2.24, 2.45) is 0 Å². The van der Waals surface area contributed by atoms with Crippen molar-refractivity contribution < 1.29 is 9.18 Å². The van der Waals surface area contributed by atoms with Gasteiger partial charge in [-0.2, -0.15) is 5.10 Å². The quantitative estimate of drug-likeness (QED) is 0.724. The highest BCUT2D eigenvalue weighted by molar-refractivity contribution is 5.95. The molecule has 1 N–H and O–H groups in total. The SMILES string of the molecule is C.CCC(=O)CCCn1cc(-c2c[nH]c3cc(F)ccc23)cn1. The van der Waals surface area contributed by atoms with E-state index in [1.807, 2.05) is 24.0 Å². The topological polar surface area (TPSA) is 50.7 Å². The van der Waals surface area contributed by atoms with E-state index in [2.05, 4.69) is 10.1 Å². The molecule has 0 bridgehead atoms. The van der Waals surface area contributed by atoms with Crippen molar-refractivity contribution in [1.82, 2.24) is 14.8 Å². The van der Waals surface area contributed by atoms with Gasteiger partial charge < -0.3 is 4.98 Å². The van der Waals surface area contributed by atoms with Crippen LogP contribution >= 0.6 is 0 Å². The second-order valence-corrected chi connectivity index (χ2v) is 5.38. The number of carbonyl (C=O) groups is 1. The summed E-state index contributed by atoms with van der Waals surface area (Å²) in [4.78, 5) is 14.4. The van der Waals surface area contributed by atoms with E-state index < -0.39 is 0 Å². The van der Waals surface area contributed by atoms with Crippen molar-refractivity contribution in [3.8, 4) is 11.1 Å². The molecule has 2 aromatic heterocycles. The van der Waals surface area contributed by atoms with Crippen LogP contribution in [0.2, 0.25) is 0 Å².